The molecule has 3 N–H and O–H groups in total. The summed E-state index contributed by atoms with van der Waals surface area (Å²) < 4.78 is -0.171. The number of nitrogens with one attached hydrogen (secondary N) is 1. The van der Waals surface area contributed by atoms with Crippen LogP contribution in [0.25, 0.3) is 0 Å². The Balaban J connectivity index is 3.48. The summed E-state index contributed by atoms with van der Waals surface area (Å²) in [7, 11) is 0. The van der Waals surface area contributed by atoms with Gasteiger partial charge in [0, 0.05) is 13.2 Å². The van der Waals surface area contributed by atoms with Gasteiger partial charge in [0.1, 0.15) is 0 Å². The number of carboxylic acids is 1. The summed E-state index contributed by atoms with van der Waals surface area (Å²) in [4.78, 5) is 10.1. The van der Waals surface area contributed by atoms with E-state index in [1.54, 1.807) is 0 Å². The predicted molar refractivity (Wildman–Crippen MR) is 43.7 cm³/mol. The van der Waals surface area contributed by atoms with Crippen molar-refractivity contribution >= 4 is 26.5 Å². The number of carbonyl (C=O) groups is 1. The van der Waals surface area contributed by atoms with Crippen molar-refractivity contribution in [2.75, 3.05) is 13.2 Å². The number of halogens is 1. The number of carboxylic acid groups (broad SMARTS) is 1. The molecule has 0 bridgehead atoms. The quantitative estimate of drug-likeness (QED) is 0.342. The van der Waals surface area contributed by atoms with Gasteiger partial charge in [-0.1, -0.05) is 0 Å². The SMILES string of the molecule is O=C(O)C(Br)=NNCCCO. The Kier molecular flexibility index (Phi) is 5.77. The standard InChI is InChI=1S/C5H9BrN2O3/c6-4(5(10)11)8-7-2-1-3-9/h7,9H,1-3H2,(H,10,11). The fourth-order valence-corrected chi connectivity index (χ4v) is 0.457. The van der Waals surface area contributed by atoms with Crippen LogP contribution >= 0.6 is 15.9 Å². The van der Waals surface area contributed by atoms with Crippen LogP contribution in [-0.2, 0) is 4.79 Å². The third-order valence-electron chi connectivity index (χ3n) is 0.800. The molecule has 0 aromatic carbocycles. The molecule has 0 radical (unpaired) electrons. The zero-order valence-corrected chi connectivity index (χ0v) is 7.34. The van der Waals surface area contributed by atoms with E-state index < -0.39 is 5.97 Å². The molecule has 0 heterocycles. The Labute approximate surface area is 72.2 Å². The van der Waals surface area contributed by atoms with Gasteiger partial charge < -0.3 is 15.6 Å². The van der Waals surface area contributed by atoms with Crippen molar-refractivity contribution in [3.05, 3.63) is 0 Å². The summed E-state index contributed by atoms with van der Waals surface area (Å²) in [6, 6.07) is 0. The van der Waals surface area contributed by atoms with E-state index in [2.05, 4.69) is 26.5 Å². The molecule has 0 fully saturated rings. The van der Waals surface area contributed by atoms with Crippen LogP contribution in [-0.4, -0.2) is 34.0 Å². The van der Waals surface area contributed by atoms with E-state index >= 15 is 0 Å². The van der Waals surface area contributed by atoms with Crippen LogP contribution in [0.2, 0.25) is 0 Å². The molecular formula is C5H9BrN2O3. The van der Waals surface area contributed by atoms with Crippen molar-refractivity contribution in [3.63, 3.8) is 0 Å². The Bertz CT molecular complexity index is 160. The molecule has 0 saturated heterocycles. The van der Waals surface area contributed by atoms with Gasteiger partial charge in [-0.25, -0.2) is 4.79 Å². The molecule has 11 heavy (non-hydrogen) atoms. The Morgan fingerprint density at radius 3 is 2.73 bits per heavy atom. The minimum Gasteiger partial charge on any atom is -0.476 e. The average Bonchev–Trinajstić information content (AvgIpc) is 1.97. The molecule has 0 aliphatic heterocycles. The molecule has 0 aromatic rings. The Morgan fingerprint density at radius 1 is 1.64 bits per heavy atom. The second-order valence-electron chi connectivity index (χ2n) is 1.69. The predicted octanol–water partition coefficient (Wildman–Crippen LogP) is -0.249. The van der Waals surface area contributed by atoms with Gasteiger partial charge in [-0.3, -0.25) is 0 Å². The Hall–Kier alpha value is -0.620. The van der Waals surface area contributed by atoms with Crippen LogP contribution in [0.5, 0.6) is 0 Å². The molecule has 0 saturated carbocycles. The highest BCUT2D eigenvalue weighted by molar-refractivity contribution is 9.19. The zero-order chi connectivity index (χ0) is 8.69. The molecule has 0 aliphatic carbocycles. The van der Waals surface area contributed by atoms with E-state index in [-0.39, 0.29) is 11.2 Å². The number of hydrogen-bond acceptors (Lipinski definition) is 4. The molecule has 0 atom stereocenters. The lowest BCUT2D eigenvalue weighted by molar-refractivity contribution is -0.129. The van der Waals surface area contributed by atoms with Gasteiger partial charge in [0.15, 0.2) is 0 Å². The average molecular weight is 225 g/mol. The van der Waals surface area contributed by atoms with Gasteiger partial charge in [0.25, 0.3) is 0 Å². The van der Waals surface area contributed by atoms with E-state index in [4.69, 9.17) is 10.2 Å². The molecule has 64 valence electrons. The van der Waals surface area contributed by atoms with Crippen molar-refractivity contribution in [2.24, 2.45) is 5.10 Å². The van der Waals surface area contributed by atoms with Crippen LogP contribution in [0.15, 0.2) is 5.10 Å². The van der Waals surface area contributed by atoms with Crippen molar-refractivity contribution in [3.8, 4) is 0 Å². The van der Waals surface area contributed by atoms with E-state index in [0.717, 1.165) is 0 Å². The van der Waals surface area contributed by atoms with Gasteiger partial charge in [-0.15, -0.1) is 0 Å². The second kappa shape index (κ2) is 6.11. The first-order valence-electron chi connectivity index (χ1n) is 2.98. The van der Waals surface area contributed by atoms with Gasteiger partial charge in [-0.2, -0.15) is 5.10 Å². The Morgan fingerprint density at radius 2 is 2.27 bits per heavy atom. The largest absolute Gasteiger partial charge is 0.476 e. The number of aliphatic carboxylic acids is 1. The van der Waals surface area contributed by atoms with E-state index in [0.29, 0.717) is 13.0 Å². The van der Waals surface area contributed by atoms with Crippen molar-refractivity contribution in [1.82, 2.24) is 5.43 Å². The molecule has 0 spiro atoms. The molecule has 0 aliphatic rings. The first-order valence-corrected chi connectivity index (χ1v) is 3.78. The third kappa shape index (κ3) is 5.81. The number of aliphatic hydroxyl groups excluding tert-OH is 1. The van der Waals surface area contributed by atoms with Gasteiger partial charge >= 0.3 is 5.97 Å². The fourth-order valence-electron chi connectivity index (χ4n) is 0.331. The normalized spacial score (nSPS) is 11.3. The van der Waals surface area contributed by atoms with Crippen LogP contribution in [0.4, 0.5) is 0 Å². The fraction of sp³-hybridized carbons (Fsp3) is 0.600. The highest BCUT2D eigenvalue weighted by atomic mass is 79.9. The number of hydrogen-bond donors (Lipinski definition) is 3. The number of rotatable bonds is 5. The minimum atomic E-state index is -1.12. The third-order valence-corrected chi connectivity index (χ3v) is 1.32. The molecule has 0 rings (SSSR count). The highest BCUT2D eigenvalue weighted by Gasteiger charge is 2.01. The smallest absolute Gasteiger partial charge is 0.363 e. The summed E-state index contributed by atoms with van der Waals surface area (Å²) in [5.74, 6) is -1.12. The van der Waals surface area contributed by atoms with Crippen molar-refractivity contribution in [1.29, 1.82) is 0 Å². The maximum atomic E-state index is 10.1. The van der Waals surface area contributed by atoms with Gasteiger partial charge in [-0.05, 0) is 22.4 Å². The monoisotopic (exact) mass is 224 g/mol. The molecule has 6 heteroatoms. The summed E-state index contributed by atoms with van der Waals surface area (Å²) >= 11 is 2.72. The maximum Gasteiger partial charge on any atom is 0.363 e. The summed E-state index contributed by atoms with van der Waals surface area (Å²) in [5, 5.41) is 20.0. The maximum absolute atomic E-state index is 10.1. The van der Waals surface area contributed by atoms with Crippen LogP contribution in [0.1, 0.15) is 6.42 Å². The lowest BCUT2D eigenvalue weighted by atomic mass is 10.5. The van der Waals surface area contributed by atoms with E-state index in [1.165, 1.54) is 0 Å². The summed E-state index contributed by atoms with van der Waals surface area (Å²) in [5.41, 5.74) is 2.47. The first kappa shape index (κ1) is 10.4. The first-order chi connectivity index (χ1) is 5.18. The highest BCUT2D eigenvalue weighted by Crippen LogP contribution is 1.87. The van der Waals surface area contributed by atoms with Gasteiger partial charge in [0.05, 0.1) is 0 Å². The topological polar surface area (TPSA) is 81.9 Å². The molecule has 5 nitrogen and oxygen atoms in total. The summed E-state index contributed by atoms with van der Waals surface area (Å²) in [6.07, 6.45) is 0.545. The molecule has 0 amide bonds. The van der Waals surface area contributed by atoms with Crippen LogP contribution in [0.3, 0.4) is 0 Å². The van der Waals surface area contributed by atoms with E-state index in [1.807, 2.05) is 0 Å². The molecule has 0 aromatic heterocycles. The van der Waals surface area contributed by atoms with Crippen molar-refractivity contribution < 1.29 is 15.0 Å². The number of aliphatic hydroxyl groups is 1. The van der Waals surface area contributed by atoms with E-state index in [9.17, 15) is 4.79 Å². The zero-order valence-electron chi connectivity index (χ0n) is 5.75. The van der Waals surface area contributed by atoms with Crippen molar-refractivity contribution in [2.45, 2.75) is 6.42 Å². The second-order valence-corrected chi connectivity index (χ2v) is 2.44. The summed E-state index contributed by atoms with van der Waals surface area (Å²) in [6.45, 7) is 0.520. The molecule has 0 unspecified atom stereocenters. The number of nitrogens with zero attached hydrogens (tertiary/aromatic N) is 1. The molecular weight excluding hydrogens is 216 g/mol. The van der Waals surface area contributed by atoms with Gasteiger partial charge in [0.2, 0.25) is 4.62 Å². The van der Waals surface area contributed by atoms with Crippen LogP contribution < -0.4 is 5.43 Å². The van der Waals surface area contributed by atoms with Crippen LogP contribution in [0, 0.1) is 0 Å². The minimum absolute atomic E-state index is 0.0627. The number of hydrazone groups is 1. The lowest BCUT2D eigenvalue weighted by Crippen LogP contribution is -2.14. The lowest BCUT2D eigenvalue weighted by Gasteiger charge is -1.96.